The summed E-state index contributed by atoms with van der Waals surface area (Å²) in [5, 5.41) is 24.1. The van der Waals surface area contributed by atoms with Crippen LogP contribution in [0.2, 0.25) is 0 Å². The van der Waals surface area contributed by atoms with E-state index < -0.39 is 18.7 Å². The number of rotatable bonds is 8. The van der Waals surface area contributed by atoms with Crippen LogP contribution in [0.4, 0.5) is 22.1 Å². The largest absolute Gasteiger partial charge is 0.491 e. The summed E-state index contributed by atoms with van der Waals surface area (Å²) in [4.78, 5) is 38.8. The Bertz CT molecular complexity index is 1270. The van der Waals surface area contributed by atoms with E-state index in [9.17, 15) is 14.7 Å². The summed E-state index contributed by atoms with van der Waals surface area (Å²) in [6.07, 6.45) is 1.24. The van der Waals surface area contributed by atoms with Gasteiger partial charge in [-0.2, -0.15) is 0 Å². The number of hydrogen-bond acceptors (Lipinski definition) is 8. The van der Waals surface area contributed by atoms with Crippen LogP contribution in [0.15, 0.2) is 60.8 Å². The van der Waals surface area contributed by atoms with Gasteiger partial charge in [0.05, 0.1) is 18.3 Å². The Labute approximate surface area is 213 Å². The van der Waals surface area contributed by atoms with Gasteiger partial charge in [-0.15, -0.1) is 0 Å². The molecule has 2 aromatic heterocycles. The van der Waals surface area contributed by atoms with Crippen LogP contribution in [0.25, 0.3) is 0 Å². The Kier molecular flexibility index (Phi) is 7.15. The maximum Gasteiger partial charge on any atom is 0.329 e. The van der Waals surface area contributed by atoms with E-state index in [-0.39, 0.29) is 30.1 Å². The second kappa shape index (κ2) is 10.8. The second-order valence-electron chi connectivity index (χ2n) is 8.92. The summed E-state index contributed by atoms with van der Waals surface area (Å²) in [7, 11) is 0. The van der Waals surface area contributed by atoms with Gasteiger partial charge in [0.25, 0.3) is 5.91 Å². The van der Waals surface area contributed by atoms with E-state index in [0.29, 0.717) is 24.7 Å². The van der Waals surface area contributed by atoms with E-state index >= 15 is 0 Å². The zero-order valence-electron chi connectivity index (χ0n) is 20.1. The molecule has 11 nitrogen and oxygen atoms in total. The van der Waals surface area contributed by atoms with Gasteiger partial charge in [0, 0.05) is 31.9 Å². The fraction of sp³-hybridized carbons (Fsp3) is 0.308. The number of amides is 3. The number of nitrogens with zero attached hydrogens (tertiary/aromatic N) is 4. The summed E-state index contributed by atoms with van der Waals surface area (Å²) in [6.45, 7) is 1.33. The number of aliphatic hydroxyl groups excluding tert-OH is 2. The van der Waals surface area contributed by atoms with Crippen LogP contribution in [0, 0.1) is 0 Å². The highest BCUT2D eigenvalue weighted by atomic mass is 16.5. The Morgan fingerprint density at radius 1 is 1.16 bits per heavy atom. The third kappa shape index (κ3) is 5.47. The van der Waals surface area contributed by atoms with E-state index in [1.54, 1.807) is 17.0 Å². The number of carbonyl (C=O) groups excluding carboxylic acids is 2. The van der Waals surface area contributed by atoms with Gasteiger partial charge in [0.15, 0.2) is 5.82 Å². The Morgan fingerprint density at radius 3 is 2.81 bits per heavy atom. The Balaban J connectivity index is 1.33. The van der Waals surface area contributed by atoms with E-state index in [4.69, 9.17) is 9.84 Å². The molecule has 3 aromatic rings. The SMILES string of the molecule is O=C(NCc1ccccc1)c1ccc2c(n1)N(C(=O)Nc1cc(OC[C@H](O)CO)ccn1)[C@H]1CCN2C1. The molecule has 4 N–H and O–H groups in total. The number of ether oxygens (including phenoxy) is 1. The molecule has 0 unspecified atom stereocenters. The van der Waals surface area contributed by atoms with Crippen LogP contribution < -0.4 is 25.2 Å². The average Bonchev–Trinajstić information content (AvgIpc) is 3.35. The number of fused-ring (bicyclic) bond motifs is 4. The molecule has 2 aliphatic rings. The zero-order valence-corrected chi connectivity index (χ0v) is 20.1. The monoisotopic (exact) mass is 504 g/mol. The normalized spacial score (nSPS) is 16.6. The molecule has 2 bridgehead atoms. The lowest BCUT2D eigenvalue weighted by Gasteiger charge is -2.35. The first kappa shape index (κ1) is 24.5. The minimum absolute atomic E-state index is 0.0929. The maximum atomic E-state index is 13.4. The quantitative estimate of drug-likeness (QED) is 0.364. The van der Waals surface area contributed by atoms with Gasteiger partial charge in [-0.25, -0.2) is 14.8 Å². The van der Waals surface area contributed by atoms with Gasteiger partial charge in [0.2, 0.25) is 0 Å². The number of urea groups is 1. The molecule has 1 saturated heterocycles. The summed E-state index contributed by atoms with van der Waals surface area (Å²) >= 11 is 0. The second-order valence-corrected chi connectivity index (χ2v) is 8.92. The Hall–Kier alpha value is -4.22. The van der Waals surface area contributed by atoms with E-state index in [1.165, 1.54) is 12.3 Å². The molecule has 192 valence electrons. The number of carbonyl (C=O) groups is 2. The van der Waals surface area contributed by atoms with Crippen molar-refractivity contribution in [3.05, 3.63) is 72.1 Å². The van der Waals surface area contributed by atoms with Gasteiger partial charge >= 0.3 is 6.03 Å². The first-order chi connectivity index (χ1) is 18.0. The molecule has 4 heterocycles. The summed E-state index contributed by atoms with van der Waals surface area (Å²) < 4.78 is 5.45. The predicted octanol–water partition coefficient (Wildman–Crippen LogP) is 1.77. The summed E-state index contributed by atoms with van der Waals surface area (Å²) in [5.41, 5.74) is 2.00. The van der Waals surface area contributed by atoms with Crippen molar-refractivity contribution in [3.63, 3.8) is 0 Å². The molecule has 1 aromatic carbocycles. The molecule has 0 saturated carbocycles. The summed E-state index contributed by atoms with van der Waals surface area (Å²) in [6, 6.07) is 15.7. The van der Waals surface area contributed by atoms with Gasteiger partial charge in [0.1, 0.15) is 30.0 Å². The van der Waals surface area contributed by atoms with Crippen LogP contribution in [-0.4, -0.2) is 70.6 Å². The van der Waals surface area contributed by atoms with Crippen molar-refractivity contribution in [2.45, 2.75) is 25.1 Å². The van der Waals surface area contributed by atoms with Crippen molar-refractivity contribution >= 4 is 29.3 Å². The standard InChI is InChI=1S/C26H28N6O5/c33-15-19(34)16-37-20-8-10-27-23(12-20)30-26(36)32-18-9-11-31(14-18)22-7-6-21(29-24(22)32)25(35)28-13-17-4-2-1-3-5-17/h1-8,10,12,18-19,33-34H,9,11,13-16H2,(H,28,35)(H,27,30,36)/t18-,19+/m0/s1. The van der Waals surface area contributed by atoms with Crippen LogP contribution in [0.3, 0.4) is 0 Å². The van der Waals surface area contributed by atoms with Gasteiger partial charge in [-0.05, 0) is 30.2 Å². The van der Waals surface area contributed by atoms with Gasteiger partial charge in [-0.3, -0.25) is 15.0 Å². The molecule has 0 radical (unpaired) electrons. The lowest BCUT2D eigenvalue weighted by Crippen LogP contribution is -2.48. The number of pyridine rings is 2. The first-order valence-electron chi connectivity index (χ1n) is 12.1. The highest BCUT2D eigenvalue weighted by molar-refractivity contribution is 6.05. The molecule has 3 amide bonds. The lowest BCUT2D eigenvalue weighted by atomic mass is 10.1. The van der Waals surface area contributed by atoms with Crippen molar-refractivity contribution in [1.29, 1.82) is 0 Å². The Morgan fingerprint density at radius 2 is 2.00 bits per heavy atom. The lowest BCUT2D eigenvalue weighted by molar-refractivity contribution is 0.0536. The summed E-state index contributed by atoms with van der Waals surface area (Å²) in [5.74, 6) is 0.757. The molecule has 5 rings (SSSR count). The fourth-order valence-electron chi connectivity index (χ4n) is 4.45. The van der Waals surface area contributed by atoms with Crippen LogP contribution in [-0.2, 0) is 6.54 Å². The minimum atomic E-state index is -1.01. The maximum absolute atomic E-state index is 13.4. The van der Waals surface area contributed by atoms with Crippen molar-refractivity contribution in [3.8, 4) is 5.75 Å². The number of benzene rings is 1. The predicted molar refractivity (Wildman–Crippen MR) is 137 cm³/mol. The molecule has 0 aliphatic carbocycles. The first-order valence-corrected chi connectivity index (χ1v) is 12.1. The van der Waals surface area contributed by atoms with Crippen molar-refractivity contribution in [2.75, 3.05) is 41.4 Å². The third-order valence-electron chi connectivity index (χ3n) is 6.32. The van der Waals surface area contributed by atoms with E-state index in [0.717, 1.165) is 24.2 Å². The van der Waals surface area contributed by atoms with E-state index in [2.05, 4.69) is 25.5 Å². The number of nitrogens with one attached hydrogen (secondary N) is 2. The number of aromatic nitrogens is 2. The smallest absolute Gasteiger partial charge is 0.329 e. The number of hydrogen-bond donors (Lipinski definition) is 4. The van der Waals surface area contributed by atoms with E-state index in [1.807, 2.05) is 36.4 Å². The molecule has 37 heavy (non-hydrogen) atoms. The highest BCUT2D eigenvalue weighted by Gasteiger charge is 2.40. The van der Waals surface area contributed by atoms with Gasteiger partial charge < -0.3 is 25.2 Å². The molecule has 0 spiro atoms. The molecule has 2 aliphatic heterocycles. The van der Waals surface area contributed by atoms with Crippen molar-refractivity contribution in [1.82, 2.24) is 15.3 Å². The van der Waals surface area contributed by atoms with Crippen LogP contribution in [0.5, 0.6) is 5.75 Å². The molecule has 2 atom stereocenters. The molecular formula is C26H28N6O5. The van der Waals surface area contributed by atoms with Crippen LogP contribution >= 0.6 is 0 Å². The van der Waals surface area contributed by atoms with Gasteiger partial charge in [-0.1, -0.05) is 30.3 Å². The third-order valence-corrected chi connectivity index (χ3v) is 6.32. The average molecular weight is 505 g/mol. The highest BCUT2D eigenvalue weighted by Crippen LogP contribution is 2.39. The topological polar surface area (TPSA) is 140 Å². The molecule has 11 heteroatoms. The zero-order chi connectivity index (χ0) is 25.8. The van der Waals surface area contributed by atoms with Crippen molar-refractivity contribution < 1.29 is 24.5 Å². The molecular weight excluding hydrogens is 476 g/mol. The fourth-order valence-corrected chi connectivity index (χ4v) is 4.45. The minimum Gasteiger partial charge on any atom is -0.491 e. The van der Waals surface area contributed by atoms with Crippen molar-refractivity contribution in [2.24, 2.45) is 0 Å². The molecule has 1 fully saturated rings. The number of aliphatic hydroxyl groups is 2. The van der Waals surface area contributed by atoms with Crippen LogP contribution in [0.1, 0.15) is 22.5 Å². The number of anilines is 3.